The van der Waals surface area contributed by atoms with E-state index in [9.17, 15) is 9.59 Å². The van der Waals surface area contributed by atoms with Gasteiger partial charge in [0.15, 0.2) is 0 Å². The van der Waals surface area contributed by atoms with Gasteiger partial charge < -0.3 is 4.74 Å². The van der Waals surface area contributed by atoms with Crippen LogP contribution in [-0.2, 0) is 4.74 Å². The maximum atomic E-state index is 11.5. The molecule has 6 heteroatoms. The molecule has 0 atom stereocenters. The summed E-state index contributed by atoms with van der Waals surface area (Å²) in [5.41, 5.74) is 0.695. The van der Waals surface area contributed by atoms with Crippen molar-refractivity contribution in [1.82, 2.24) is 9.78 Å². The number of hydrogen-bond donors (Lipinski definition) is 0. The molecule has 1 aromatic carbocycles. The molecule has 0 bridgehead atoms. The molecular weight excluding hydrogens is 268 g/mol. The van der Waals surface area contributed by atoms with E-state index in [0.717, 1.165) is 5.56 Å². The van der Waals surface area contributed by atoms with Crippen molar-refractivity contribution >= 4 is 17.6 Å². The number of rotatable bonds is 2. The highest BCUT2D eigenvalue weighted by atomic mass is 35.5. The predicted octanol–water partition coefficient (Wildman–Crippen LogP) is 1.98. The van der Waals surface area contributed by atoms with Gasteiger partial charge in [0.05, 0.1) is 17.8 Å². The third kappa shape index (κ3) is 2.51. The zero-order valence-electron chi connectivity index (χ0n) is 10.4. The van der Waals surface area contributed by atoms with Crippen molar-refractivity contribution in [2.24, 2.45) is 0 Å². The minimum atomic E-state index is -0.775. The molecule has 0 saturated heterocycles. The molecule has 0 spiro atoms. The number of benzene rings is 1. The topological polar surface area (TPSA) is 61.2 Å². The maximum absolute atomic E-state index is 11.5. The van der Waals surface area contributed by atoms with Crippen LogP contribution in [0.5, 0.6) is 0 Å². The van der Waals surface area contributed by atoms with Gasteiger partial charge in [-0.3, -0.25) is 4.79 Å². The molecule has 0 aliphatic heterocycles. The van der Waals surface area contributed by atoms with Crippen LogP contribution in [0.4, 0.5) is 0 Å². The summed E-state index contributed by atoms with van der Waals surface area (Å²) in [7, 11) is 1.19. The second-order valence-corrected chi connectivity index (χ2v) is 4.25. The molecule has 2 aromatic rings. The van der Waals surface area contributed by atoms with Gasteiger partial charge in [0.25, 0.3) is 0 Å². The first-order valence-electron chi connectivity index (χ1n) is 5.48. The van der Waals surface area contributed by atoms with E-state index in [-0.39, 0.29) is 5.69 Å². The number of carbonyl (C=O) groups is 1. The third-order valence-electron chi connectivity index (χ3n) is 2.61. The van der Waals surface area contributed by atoms with E-state index in [1.54, 1.807) is 6.07 Å². The number of aromatic nitrogens is 2. The van der Waals surface area contributed by atoms with E-state index < -0.39 is 11.4 Å². The minimum absolute atomic E-state index is 0.275. The van der Waals surface area contributed by atoms with E-state index >= 15 is 0 Å². The molecule has 1 aromatic heterocycles. The van der Waals surface area contributed by atoms with Gasteiger partial charge in [-0.2, -0.15) is 5.10 Å². The summed E-state index contributed by atoms with van der Waals surface area (Å²) in [6.07, 6.45) is 1.45. The lowest BCUT2D eigenvalue weighted by molar-refractivity contribution is 0.0590. The maximum Gasteiger partial charge on any atom is 0.362 e. The Morgan fingerprint density at radius 2 is 2.11 bits per heavy atom. The molecule has 2 rings (SSSR count). The first-order valence-corrected chi connectivity index (χ1v) is 5.86. The van der Waals surface area contributed by atoms with Gasteiger partial charge in [0.1, 0.15) is 0 Å². The van der Waals surface area contributed by atoms with E-state index in [4.69, 9.17) is 11.6 Å². The number of hydrogen-bond acceptors (Lipinski definition) is 4. The Balaban J connectivity index is 2.61. The van der Waals surface area contributed by atoms with Gasteiger partial charge in [0.2, 0.25) is 11.1 Å². The molecule has 0 fully saturated rings. The minimum Gasteiger partial charge on any atom is -0.464 e. The van der Waals surface area contributed by atoms with Gasteiger partial charge >= 0.3 is 5.97 Å². The van der Waals surface area contributed by atoms with Crippen LogP contribution >= 0.6 is 11.6 Å². The summed E-state index contributed by atoms with van der Waals surface area (Å²) in [6.45, 7) is 1.86. The van der Waals surface area contributed by atoms with Crippen molar-refractivity contribution in [2.45, 2.75) is 6.92 Å². The average molecular weight is 279 g/mol. The Morgan fingerprint density at radius 1 is 1.37 bits per heavy atom. The first-order chi connectivity index (χ1) is 9.04. The zero-order chi connectivity index (χ0) is 14.0. The average Bonchev–Trinajstić information content (AvgIpc) is 2.42. The fourth-order valence-corrected chi connectivity index (χ4v) is 1.80. The number of carbonyl (C=O) groups excluding carboxylic acids is 1. The van der Waals surface area contributed by atoms with Crippen LogP contribution < -0.4 is 5.43 Å². The Hall–Kier alpha value is -2.14. The number of methoxy groups -OCH3 is 1. The van der Waals surface area contributed by atoms with E-state index in [1.807, 2.05) is 19.1 Å². The van der Waals surface area contributed by atoms with Crippen molar-refractivity contribution in [2.75, 3.05) is 7.11 Å². The molecule has 0 aliphatic rings. The lowest BCUT2D eigenvalue weighted by Gasteiger charge is -2.09. The molecule has 1 heterocycles. The van der Waals surface area contributed by atoms with Crippen LogP contribution in [0.25, 0.3) is 5.69 Å². The fraction of sp³-hybridized carbons (Fsp3) is 0.154. The Kier molecular flexibility index (Phi) is 3.66. The highest BCUT2D eigenvalue weighted by molar-refractivity contribution is 6.33. The van der Waals surface area contributed by atoms with Crippen molar-refractivity contribution in [3.8, 4) is 5.69 Å². The molecule has 98 valence electrons. The highest BCUT2D eigenvalue weighted by Gasteiger charge is 2.14. The molecule has 5 nitrogen and oxygen atoms in total. The molecule has 0 radical (unpaired) electrons. The van der Waals surface area contributed by atoms with E-state index in [0.29, 0.717) is 10.7 Å². The lowest BCUT2D eigenvalue weighted by atomic mass is 10.2. The van der Waals surface area contributed by atoms with E-state index in [1.165, 1.54) is 24.1 Å². The highest BCUT2D eigenvalue weighted by Crippen LogP contribution is 2.22. The SMILES string of the molecule is COC(=O)c1nn(-c2cccc(C)c2Cl)ccc1=O. The summed E-state index contributed by atoms with van der Waals surface area (Å²) in [4.78, 5) is 23.0. The van der Waals surface area contributed by atoms with Gasteiger partial charge in [-0.25, -0.2) is 9.48 Å². The van der Waals surface area contributed by atoms with Crippen LogP contribution in [-0.4, -0.2) is 22.9 Å². The van der Waals surface area contributed by atoms with Crippen molar-refractivity contribution < 1.29 is 9.53 Å². The lowest BCUT2D eigenvalue weighted by Crippen LogP contribution is -2.21. The molecule has 0 saturated carbocycles. The third-order valence-corrected chi connectivity index (χ3v) is 3.10. The van der Waals surface area contributed by atoms with Crippen molar-refractivity contribution in [3.63, 3.8) is 0 Å². The molecule has 19 heavy (non-hydrogen) atoms. The molecule has 0 aliphatic carbocycles. The summed E-state index contributed by atoms with van der Waals surface area (Å²) < 4.78 is 5.89. The van der Waals surface area contributed by atoms with Crippen LogP contribution in [0, 0.1) is 6.92 Å². The van der Waals surface area contributed by atoms with Crippen LogP contribution in [0.2, 0.25) is 5.02 Å². The van der Waals surface area contributed by atoms with Crippen LogP contribution in [0.3, 0.4) is 0 Å². The van der Waals surface area contributed by atoms with Crippen LogP contribution in [0.15, 0.2) is 35.3 Å². The normalized spacial score (nSPS) is 10.3. The number of ether oxygens (including phenoxy) is 1. The van der Waals surface area contributed by atoms with Crippen molar-refractivity contribution in [1.29, 1.82) is 0 Å². The Bertz CT molecular complexity index is 695. The number of aryl methyl sites for hydroxylation is 1. The molecule has 0 unspecified atom stereocenters. The van der Waals surface area contributed by atoms with Gasteiger partial charge in [-0.1, -0.05) is 23.7 Å². The smallest absolute Gasteiger partial charge is 0.362 e. The second-order valence-electron chi connectivity index (χ2n) is 3.87. The number of nitrogens with zero attached hydrogens (tertiary/aromatic N) is 2. The predicted molar refractivity (Wildman–Crippen MR) is 70.9 cm³/mol. The largest absolute Gasteiger partial charge is 0.464 e. The summed E-state index contributed by atoms with van der Waals surface area (Å²) in [6, 6.07) is 6.66. The van der Waals surface area contributed by atoms with Gasteiger partial charge in [-0.15, -0.1) is 0 Å². The Labute approximate surface area is 114 Å². The quantitative estimate of drug-likeness (QED) is 0.788. The van der Waals surface area contributed by atoms with Gasteiger partial charge in [-0.05, 0) is 18.6 Å². The summed E-state index contributed by atoms with van der Waals surface area (Å²) >= 11 is 6.18. The first kappa shape index (κ1) is 13.3. The van der Waals surface area contributed by atoms with Gasteiger partial charge in [0, 0.05) is 12.3 Å². The van der Waals surface area contributed by atoms with Crippen LogP contribution in [0.1, 0.15) is 16.1 Å². The standard InChI is InChI=1S/C13H11ClN2O3/c1-8-4-3-5-9(11(8)14)16-7-6-10(17)12(15-16)13(18)19-2/h3-7H,1-2H3. The summed E-state index contributed by atoms with van der Waals surface area (Å²) in [5.74, 6) is -0.775. The zero-order valence-corrected chi connectivity index (χ0v) is 11.1. The number of halogens is 1. The molecular formula is C13H11ClN2O3. The fourth-order valence-electron chi connectivity index (χ4n) is 1.59. The second kappa shape index (κ2) is 5.24. The Morgan fingerprint density at radius 3 is 2.79 bits per heavy atom. The van der Waals surface area contributed by atoms with E-state index in [2.05, 4.69) is 9.84 Å². The summed E-state index contributed by atoms with van der Waals surface area (Å²) in [5, 5.41) is 4.47. The monoisotopic (exact) mass is 278 g/mol. The molecule has 0 amide bonds. The molecule has 0 N–H and O–H groups in total. The number of esters is 1. The van der Waals surface area contributed by atoms with Crippen molar-refractivity contribution in [3.05, 3.63) is 57.0 Å².